The third-order valence-electron chi connectivity index (χ3n) is 3.51. The van der Waals surface area contributed by atoms with Crippen molar-refractivity contribution in [1.29, 1.82) is 0 Å². The molecule has 1 aliphatic rings. The summed E-state index contributed by atoms with van der Waals surface area (Å²) < 4.78 is 7.39. The summed E-state index contributed by atoms with van der Waals surface area (Å²) in [6, 6.07) is 0. The third-order valence-corrected chi connectivity index (χ3v) is 3.51. The average Bonchev–Trinajstić information content (AvgIpc) is 2.83. The highest BCUT2D eigenvalue weighted by Gasteiger charge is 2.23. The fourth-order valence-corrected chi connectivity index (χ4v) is 2.27. The monoisotopic (exact) mass is 306 g/mol. The second-order valence-corrected chi connectivity index (χ2v) is 6.60. The number of aryl methyl sites for hydroxylation is 1. The quantitative estimate of drug-likeness (QED) is 0.865. The van der Waals surface area contributed by atoms with E-state index in [4.69, 9.17) is 4.74 Å². The van der Waals surface area contributed by atoms with Gasteiger partial charge in [0.1, 0.15) is 11.4 Å². The highest BCUT2D eigenvalue weighted by atomic mass is 16.6. The Hall–Kier alpha value is -1.82. The van der Waals surface area contributed by atoms with Crippen LogP contribution < -0.4 is 5.32 Å². The summed E-state index contributed by atoms with van der Waals surface area (Å²) in [5, 5.41) is 3.39. The minimum absolute atomic E-state index is 0.233. The van der Waals surface area contributed by atoms with E-state index in [0.29, 0.717) is 13.1 Å². The zero-order valence-electron chi connectivity index (χ0n) is 13.9. The number of aromatic nitrogens is 2. The molecule has 6 nitrogen and oxygen atoms in total. The molecule has 1 N–H and O–H groups in total. The standard InChI is InChI=1S/C16H26N4O2/c1-16(2,3)22-15(21)20-8-5-13(6-9-20)11-17-12-14-18-7-10-19(14)4/h5,7,10,17H,6,8-9,11-12H2,1-4H3. The first-order valence-electron chi connectivity index (χ1n) is 7.68. The molecule has 122 valence electrons. The zero-order valence-corrected chi connectivity index (χ0v) is 13.9. The molecule has 2 heterocycles. The Kier molecular flexibility index (Phi) is 5.24. The second-order valence-electron chi connectivity index (χ2n) is 6.60. The van der Waals surface area contributed by atoms with E-state index in [1.54, 1.807) is 11.1 Å². The van der Waals surface area contributed by atoms with Crippen LogP contribution >= 0.6 is 0 Å². The van der Waals surface area contributed by atoms with E-state index in [1.807, 2.05) is 38.6 Å². The smallest absolute Gasteiger partial charge is 0.410 e. The van der Waals surface area contributed by atoms with E-state index in [1.165, 1.54) is 5.57 Å². The van der Waals surface area contributed by atoms with Gasteiger partial charge in [0.05, 0.1) is 6.54 Å². The van der Waals surface area contributed by atoms with Crippen LogP contribution in [0.3, 0.4) is 0 Å². The fraction of sp³-hybridized carbons (Fsp3) is 0.625. The first kappa shape index (κ1) is 16.5. The summed E-state index contributed by atoms with van der Waals surface area (Å²) in [7, 11) is 1.99. The van der Waals surface area contributed by atoms with E-state index in [0.717, 1.165) is 25.3 Å². The molecule has 1 amide bonds. The Morgan fingerprint density at radius 1 is 1.41 bits per heavy atom. The van der Waals surface area contributed by atoms with Gasteiger partial charge in [-0.05, 0) is 27.2 Å². The van der Waals surface area contributed by atoms with Gasteiger partial charge >= 0.3 is 6.09 Å². The van der Waals surface area contributed by atoms with E-state index < -0.39 is 5.60 Å². The summed E-state index contributed by atoms with van der Waals surface area (Å²) in [4.78, 5) is 18.0. The van der Waals surface area contributed by atoms with Crippen LogP contribution in [-0.4, -0.2) is 45.8 Å². The number of imidazole rings is 1. The van der Waals surface area contributed by atoms with Gasteiger partial charge in [0.2, 0.25) is 0 Å². The maximum atomic E-state index is 12.0. The van der Waals surface area contributed by atoms with Gasteiger partial charge < -0.3 is 19.5 Å². The zero-order chi connectivity index (χ0) is 16.2. The summed E-state index contributed by atoms with van der Waals surface area (Å²) in [5.41, 5.74) is 0.888. The number of nitrogens with zero attached hydrogens (tertiary/aromatic N) is 3. The first-order chi connectivity index (χ1) is 10.3. The number of rotatable bonds is 4. The molecule has 0 fully saturated rings. The normalized spacial score (nSPS) is 15.6. The maximum Gasteiger partial charge on any atom is 0.410 e. The lowest BCUT2D eigenvalue weighted by Gasteiger charge is -2.29. The first-order valence-corrected chi connectivity index (χ1v) is 7.68. The Bertz CT molecular complexity index is 543. The molecule has 6 heteroatoms. The van der Waals surface area contributed by atoms with Crippen LogP contribution in [-0.2, 0) is 18.3 Å². The summed E-state index contributed by atoms with van der Waals surface area (Å²) in [5.74, 6) is 1.02. The molecule has 0 spiro atoms. The summed E-state index contributed by atoms with van der Waals surface area (Å²) in [6.07, 6.45) is 6.50. The number of nitrogens with one attached hydrogen (secondary N) is 1. The molecule has 1 aromatic rings. The number of hydrogen-bond donors (Lipinski definition) is 1. The van der Waals surface area contributed by atoms with E-state index in [9.17, 15) is 4.79 Å². The number of ether oxygens (including phenoxy) is 1. The SMILES string of the molecule is Cn1ccnc1CNCC1=CCN(C(=O)OC(C)(C)C)CC1. The molecular weight excluding hydrogens is 280 g/mol. The molecule has 1 aliphatic heterocycles. The van der Waals surface area contributed by atoms with Crippen LogP contribution in [0.2, 0.25) is 0 Å². The van der Waals surface area contributed by atoms with E-state index in [2.05, 4.69) is 16.4 Å². The van der Waals surface area contributed by atoms with Crippen LogP contribution in [0, 0.1) is 0 Å². The molecule has 0 atom stereocenters. The lowest BCUT2D eigenvalue weighted by atomic mass is 10.1. The van der Waals surface area contributed by atoms with Crippen LogP contribution in [0.4, 0.5) is 4.79 Å². The lowest BCUT2D eigenvalue weighted by Crippen LogP contribution is -2.39. The third kappa shape index (κ3) is 4.87. The summed E-state index contributed by atoms with van der Waals surface area (Å²) in [6.45, 7) is 8.57. The number of hydrogen-bond acceptors (Lipinski definition) is 4. The highest BCUT2D eigenvalue weighted by Crippen LogP contribution is 2.15. The minimum atomic E-state index is -0.440. The van der Waals surface area contributed by atoms with Crippen molar-refractivity contribution in [2.45, 2.75) is 39.3 Å². The molecule has 0 unspecified atom stereocenters. The van der Waals surface area contributed by atoms with Gasteiger partial charge in [-0.2, -0.15) is 0 Å². The van der Waals surface area contributed by atoms with Crippen molar-refractivity contribution in [3.05, 3.63) is 29.9 Å². The molecular formula is C16H26N4O2. The number of amides is 1. The van der Waals surface area contributed by atoms with Crippen molar-refractivity contribution in [3.63, 3.8) is 0 Å². The second kappa shape index (κ2) is 6.96. The van der Waals surface area contributed by atoms with Crippen LogP contribution in [0.1, 0.15) is 33.0 Å². The van der Waals surface area contributed by atoms with Crippen molar-refractivity contribution >= 4 is 6.09 Å². The fourth-order valence-electron chi connectivity index (χ4n) is 2.27. The maximum absolute atomic E-state index is 12.0. The van der Waals surface area contributed by atoms with Crippen molar-refractivity contribution < 1.29 is 9.53 Å². The highest BCUT2D eigenvalue weighted by molar-refractivity contribution is 5.68. The molecule has 22 heavy (non-hydrogen) atoms. The molecule has 0 aromatic carbocycles. The van der Waals surface area contributed by atoms with Crippen LogP contribution in [0.15, 0.2) is 24.0 Å². The topological polar surface area (TPSA) is 59.4 Å². The average molecular weight is 306 g/mol. The minimum Gasteiger partial charge on any atom is -0.444 e. The van der Waals surface area contributed by atoms with Crippen molar-refractivity contribution in [1.82, 2.24) is 19.8 Å². The molecule has 0 saturated carbocycles. The van der Waals surface area contributed by atoms with Crippen molar-refractivity contribution in [3.8, 4) is 0 Å². The molecule has 0 bridgehead atoms. The molecule has 0 saturated heterocycles. The van der Waals surface area contributed by atoms with Crippen LogP contribution in [0.5, 0.6) is 0 Å². The lowest BCUT2D eigenvalue weighted by molar-refractivity contribution is 0.0265. The Labute approximate surface area is 132 Å². The summed E-state index contributed by atoms with van der Waals surface area (Å²) >= 11 is 0. The van der Waals surface area contributed by atoms with Crippen molar-refractivity contribution in [2.24, 2.45) is 7.05 Å². The Morgan fingerprint density at radius 2 is 2.18 bits per heavy atom. The predicted octanol–water partition coefficient (Wildman–Crippen LogP) is 2.08. The van der Waals surface area contributed by atoms with Gasteiger partial charge in [0.25, 0.3) is 0 Å². The van der Waals surface area contributed by atoms with Gasteiger partial charge in [0.15, 0.2) is 0 Å². The molecule has 1 aromatic heterocycles. The van der Waals surface area contributed by atoms with Crippen LogP contribution in [0.25, 0.3) is 0 Å². The van der Waals surface area contributed by atoms with E-state index in [-0.39, 0.29) is 6.09 Å². The molecule has 0 radical (unpaired) electrons. The van der Waals surface area contributed by atoms with Gasteiger partial charge in [-0.15, -0.1) is 0 Å². The van der Waals surface area contributed by atoms with Gasteiger partial charge in [-0.25, -0.2) is 9.78 Å². The molecule has 2 rings (SSSR count). The number of carbonyl (C=O) groups is 1. The Morgan fingerprint density at radius 3 is 2.73 bits per heavy atom. The van der Waals surface area contributed by atoms with Crippen molar-refractivity contribution in [2.75, 3.05) is 19.6 Å². The van der Waals surface area contributed by atoms with Gasteiger partial charge in [-0.1, -0.05) is 11.6 Å². The predicted molar refractivity (Wildman–Crippen MR) is 85.4 cm³/mol. The van der Waals surface area contributed by atoms with Gasteiger partial charge in [0, 0.05) is 39.1 Å². The Balaban J connectivity index is 1.75. The van der Waals surface area contributed by atoms with Gasteiger partial charge in [-0.3, -0.25) is 0 Å². The molecule has 0 aliphatic carbocycles. The number of carbonyl (C=O) groups excluding carboxylic acids is 1. The van der Waals surface area contributed by atoms with E-state index >= 15 is 0 Å². The largest absolute Gasteiger partial charge is 0.444 e.